The summed E-state index contributed by atoms with van der Waals surface area (Å²) in [6.45, 7) is 4.96. The van der Waals surface area contributed by atoms with Gasteiger partial charge in [-0.05, 0) is 42.2 Å². The predicted molar refractivity (Wildman–Crippen MR) is 82.5 cm³/mol. The predicted octanol–water partition coefficient (Wildman–Crippen LogP) is 2.71. The van der Waals surface area contributed by atoms with E-state index in [0.29, 0.717) is 13.1 Å². The second kappa shape index (κ2) is 6.93. The number of nitrogens with one attached hydrogen (secondary N) is 1. The first-order valence-electron chi connectivity index (χ1n) is 7.37. The van der Waals surface area contributed by atoms with Crippen LogP contribution in [0, 0.1) is 5.92 Å². The number of thiophene rings is 1. The van der Waals surface area contributed by atoms with Crippen LogP contribution < -0.4 is 5.32 Å². The van der Waals surface area contributed by atoms with Crippen LogP contribution in [0.25, 0.3) is 0 Å². The highest BCUT2D eigenvalue weighted by atomic mass is 32.1. The number of hydrogen-bond acceptors (Lipinski definition) is 3. The van der Waals surface area contributed by atoms with Gasteiger partial charge < -0.3 is 15.3 Å². The van der Waals surface area contributed by atoms with Gasteiger partial charge in [0.15, 0.2) is 0 Å². The Hall–Kier alpha value is -1.56. The van der Waals surface area contributed by atoms with Gasteiger partial charge in [0.1, 0.15) is 6.04 Å². The fraction of sp³-hybridized carbons (Fsp3) is 0.600. The Kier molecular flexibility index (Phi) is 5.22. The zero-order valence-corrected chi connectivity index (χ0v) is 13.3. The molecule has 2 atom stereocenters. The van der Waals surface area contributed by atoms with E-state index in [0.717, 1.165) is 24.1 Å². The van der Waals surface area contributed by atoms with Crippen LogP contribution in [0.15, 0.2) is 11.4 Å². The average Bonchev–Trinajstić information content (AvgIpc) is 2.91. The highest BCUT2D eigenvalue weighted by molar-refractivity contribution is 7.10. The number of carboxylic acids is 1. The highest BCUT2D eigenvalue weighted by Gasteiger charge is 2.36. The quantitative estimate of drug-likeness (QED) is 0.898. The standard InChI is InChI=1S/C15H22N2O3S/c1-3-11-6-8-21-12(11)9-16-15(20)17-7-4-5-10(2)13(17)14(18)19/h6,8,10,13H,3-5,7,9H2,1-2H3,(H,16,20)(H,18,19). The van der Waals surface area contributed by atoms with Crippen molar-refractivity contribution in [3.8, 4) is 0 Å². The summed E-state index contributed by atoms with van der Waals surface area (Å²) in [5.41, 5.74) is 1.24. The third-order valence-corrected chi connectivity index (χ3v) is 5.03. The van der Waals surface area contributed by atoms with Crippen LogP contribution in [-0.4, -0.2) is 34.6 Å². The van der Waals surface area contributed by atoms with Gasteiger partial charge >= 0.3 is 12.0 Å². The van der Waals surface area contributed by atoms with Crippen LogP contribution in [0.3, 0.4) is 0 Å². The summed E-state index contributed by atoms with van der Waals surface area (Å²) in [5.74, 6) is -0.919. The van der Waals surface area contributed by atoms with Crippen molar-refractivity contribution in [3.05, 3.63) is 21.9 Å². The Bertz CT molecular complexity index is 515. The Morgan fingerprint density at radius 2 is 2.29 bits per heavy atom. The van der Waals surface area contributed by atoms with Crippen molar-refractivity contribution in [3.63, 3.8) is 0 Å². The first kappa shape index (κ1) is 15.8. The molecule has 0 aromatic carbocycles. The number of nitrogens with zero attached hydrogens (tertiary/aromatic N) is 1. The number of amides is 2. The molecule has 2 heterocycles. The number of aryl methyl sites for hydroxylation is 1. The van der Waals surface area contributed by atoms with Crippen LogP contribution in [-0.2, 0) is 17.8 Å². The molecule has 2 amide bonds. The summed E-state index contributed by atoms with van der Waals surface area (Å²) in [6.07, 6.45) is 2.65. The lowest BCUT2D eigenvalue weighted by Crippen LogP contribution is -2.54. The average molecular weight is 310 g/mol. The molecule has 1 fully saturated rings. The van der Waals surface area contributed by atoms with Gasteiger partial charge in [0.25, 0.3) is 0 Å². The fourth-order valence-electron chi connectivity index (χ4n) is 2.89. The third-order valence-electron chi connectivity index (χ3n) is 4.07. The number of hydrogen-bond donors (Lipinski definition) is 2. The number of piperidine rings is 1. The third kappa shape index (κ3) is 3.56. The lowest BCUT2D eigenvalue weighted by Gasteiger charge is -2.37. The summed E-state index contributed by atoms with van der Waals surface area (Å²) in [5, 5.41) is 14.2. The van der Waals surface area contributed by atoms with Crippen LogP contribution >= 0.6 is 11.3 Å². The fourth-order valence-corrected chi connectivity index (χ4v) is 3.80. The van der Waals surface area contributed by atoms with Gasteiger partial charge in [-0.1, -0.05) is 13.8 Å². The van der Waals surface area contributed by atoms with Crippen molar-refractivity contribution in [2.75, 3.05) is 6.54 Å². The molecule has 0 radical (unpaired) electrons. The van der Waals surface area contributed by atoms with Crippen molar-refractivity contribution in [1.29, 1.82) is 0 Å². The van der Waals surface area contributed by atoms with Crippen molar-refractivity contribution in [2.45, 2.75) is 45.7 Å². The molecule has 1 aromatic rings. The maximum absolute atomic E-state index is 12.3. The molecule has 2 N–H and O–H groups in total. The molecule has 1 aliphatic rings. The highest BCUT2D eigenvalue weighted by Crippen LogP contribution is 2.24. The van der Waals surface area contributed by atoms with E-state index < -0.39 is 12.0 Å². The minimum absolute atomic E-state index is 0.00468. The number of carboxylic acid groups (broad SMARTS) is 1. The van der Waals surface area contributed by atoms with E-state index in [9.17, 15) is 14.7 Å². The van der Waals surface area contributed by atoms with Gasteiger partial charge in [-0.15, -0.1) is 11.3 Å². The van der Waals surface area contributed by atoms with Crippen molar-refractivity contribution < 1.29 is 14.7 Å². The summed E-state index contributed by atoms with van der Waals surface area (Å²) in [6, 6.07) is 1.08. The Balaban J connectivity index is 2.00. The minimum atomic E-state index is -0.914. The van der Waals surface area contributed by atoms with Crippen molar-refractivity contribution in [2.24, 2.45) is 5.92 Å². The van der Waals surface area contributed by atoms with Crippen LogP contribution in [0.1, 0.15) is 37.1 Å². The summed E-state index contributed by atoms with van der Waals surface area (Å²) >= 11 is 1.62. The second-order valence-electron chi connectivity index (χ2n) is 5.48. The van der Waals surface area contributed by atoms with E-state index in [1.54, 1.807) is 11.3 Å². The molecule has 0 spiro atoms. The van der Waals surface area contributed by atoms with Crippen molar-refractivity contribution in [1.82, 2.24) is 10.2 Å². The Morgan fingerprint density at radius 3 is 2.95 bits per heavy atom. The van der Waals surface area contributed by atoms with Crippen LogP contribution in [0.5, 0.6) is 0 Å². The van der Waals surface area contributed by atoms with E-state index >= 15 is 0 Å². The smallest absolute Gasteiger partial charge is 0.326 e. The molecule has 116 valence electrons. The van der Waals surface area contributed by atoms with Gasteiger partial charge in [-0.25, -0.2) is 9.59 Å². The van der Waals surface area contributed by atoms with Crippen LogP contribution in [0.4, 0.5) is 4.79 Å². The van der Waals surface area contributed by atoms with Crippen molar-refractivity contribution >= 4 is 23.3 Å². The van der Waals surface area contributed by atoms with E-state index in [1.165, 1.54) is 10.5 Å². The molecule has 0 saturated carbocycles. The number of carbonyl (C=O) groups is 2. The summed E-state index contributed by atoms with van der Waals surface area (Å²) in [7, 11) is 0. The topological polar surface area (TPSA) is 69.6 Å². The molecule has 1 aliphatic heterocycles. The lowest BCUT2D eigenvalue weighted by molar-refractivity contribution is -0.145. The first-order valence-corrected chi connectivity index (χ1v) is 8.25. The molecule has 1 aromatic heterocycles. The minimum Gasteiger partial charge on any atom is -0.480 e. The monoisotopic (exact) mass is 310 g/mol. The van der Waals surface area contributed by atoms with E-state index in [4.69, 9.17) is 0 Å². The van der Waals surface area contributed by atoms with Gasteiger partial charge in [0, 0.05) is 11.4 Å². The van der Waals surface area contributed by atoms with Gasteiger partial charge in [-0.3, -0.25) is 0 Å². The largest absolute Gasteiger partial charge is 0.480 e. The molecule has 0 bridgehead atoms. The summed E-state index contributed by atoms with van der Waals surface area (Å²) < 4.78 is 0. The maximum Gasteiger partial charge on any atom is 0.326 e. The first-order chi connectivity index (χ1) is 10.0. The number of carbonyl (C=O) groups excluding carboxylic acids is 1. The molecule has 5 nitrogen and oxygen atoms in total. The molecule has 2 unspecified atom stereocenters. The molecule has 6 heteroatoms. The second-order valence-corrected chi connectivity index (χ2v) is 6.48. The SMILES string of the molecule is CCc1ccsc1CNC(=O)N1CCCC(C)C1C(=O)O. The number of likely N-dealkylation sites (tertiary alicyclic amines) is 1. The zero-order chi connectivity index (χ0) is 15.4. The Morgan fingerprint density at radius 1 is 1.52 bits per heavy atom. The van der Waals surface area contributed by atoms with E-state index in [2.05, 4.69) is 18.3 Å². The van der Waals surface area contributed by atoms with Crippen LogP contribution in [0.2, 0.25) is 0 Å². The van der Waals surface area contributed by atoms with Gasteiger partial charge in [-0.2, -0.15) is 0 Å². The number of rotatable bonds is 4. The van der Waals surface area contributed by atoms with Gasteiger partial charge in [0.2, 0.25) is 0 Å². The summed E-state index contributed by atoms with van der Waals surface area (Å²) in [4.78, 5) is 26.3. The maximum atomic E-state index is 12.3. The number of urea groups is 1. The molecule has 1 saturated heterocycles. The Labute approximate surface area is 129 Å². The molecular formula is C15H22N2O3S. The molecule has 2 rings (SSSR count). The van der Waals surface area contributed by atoms with E-state index in [-0.39, 0.29) is 11.9 Å². The molecule has 21 heavy (non-hydrogen) atoms. The lowest BCUT2D eigenvalue weighted by atomic mass is 9.91. The van der Waals surface area contributed by atoms with E-state index in [1.807, 2.05) is 12.3 Å². The molecule has 0 aliphatic carbocycles. The molecular weight excluding hydrogens is 288 g/mol. The zero-order valence-electron chi connectivity index (χ0n) is 12.5. The number of aliphatic carboxylic acids is 1. The normalized spacial score (nSPS) is 22.1. The van der Waals surface area contributed by atoms with Gasteiger partial charge in [0.05, 0.1) is 6.54 Å².